The van der Waals surface area contributed by atoms with E-state index in [1.165, 1.54) is 5.01 Å². The van der Waals surface area contributed by atoms with Crippen molar-refractivity contribution in [3.8, 4) is 0 Å². The van der Waals surface area contributed by atoms with Crippen LogP contribution in [0.1, 0.15) is 12.8 Å². The molecule has 0 unspecified atom stereocenters. The fourth-order valence-electron chi connectivity index (χ4n) is 1.55. The molecule has 1 aromatic rings. The van der Waals surface area contributed by atoms with Crippen LogP contribution in [0.2, 0.25) is 0 Å². The molecule has 1 aliphatic heterocycles. The highest BCUT2D eigenvalue weighted by atomic mass is 16.5. The van der Waals surface area contributed by atoms with Crippen molar-refractivity contribution < 1.29 is 19.4 Å². The van der Waals surface area contributed by atoms with Crippen LogP contribution in [0.3, 0.4) is 0 Å². The number of hydrogen-bond donors (Lipinski definition) is 1. The maximum Gasteiger partial charge on any atom is 0.341 e. The smallest absolute Gasteiger partial charge is 0.341 e. The second-order valence-corrected chi connectivity index (χ2v) is 3.72. The third kappa shape index (κ3) is 2.85. The van der Waals surface area contributed by atoms with Gasteiger partial charge < -0.3 is 9.84 Å². The summed E-state index contributed by atoms with van der Waals surface area (Å²) in [6.07, 6.45) is 0.586. The largest absolute Gasteiger partial charge is 0.479 e. The Balaban J connectivity index is 2.15. The summed E-state index contributed by atoms with van der Waals surface area (Å²) >= 11 is 0. The first-order valence-corrected chi connectivity index (χ1v) is 5.47. The molecule has 0 atom stereocenters. The van der Waals surface area contributed by atoms with Gasteiger partial charge in [-0.05, 0) is 12.1 Å². The van der Waals surface area contributed by atoms with Gasteiger partial charge in [-0.15, -0.1) is 5.10 Å². The summed E-state index contributed by atoms with van der Waals surface area (Å²) in [4.78, 5) is 22.1. The van der Waals surface area contributed by atoms with E-state index in [0.29, 0.717) is 12.1 Å². The van der Waals surface area contributed by atoms with Gasteiger partial charge >= 0.3 is 5.97 Å². The van der Waals surface area contributed by atoms with Gasteiger partial charge in [0.05, 0.1) is 5.69 Å². The van der Waals surface area contributed by atoms with Crippen molar-refractivity contribution in [2.24, 2.45) is 5.10 Å². The van der Waals surface area contributed by atoms with E-state index < -0.39 is 12.6 Å². The van der Waals surface area contributed by atoms with E-state index in [0.717, 1.165) is 0 Å². The summed E-state index contributed by atoms with van der Waals surface area (Å²) in [5, 5.41) is 13.8. The molecule has 1 amide bonds. The van der Waals surface area contributed by atoms with Gasteiger partial charge in [0.15, 0.2) is 6.61 Å². The van der Waals surface area contributed by atoms with Crippen LogP contribution in [0.15, 0.2) is 35.4 Å². The van der Waals surface area contributed by atoms with Gasteiger partial charge in [0.25, 0.3) is 0 Å². The lowest BCUT2D eigenvalue weighted by atomic mass is 10.2. The van der Waals surface area contributed by atoms with Gasteiger partial charge in [0, 0.05) is 12.8 Å². The topological polar surface area (TPSA) is 79.2 Å². The molecule has 0 fully saturated rings. The predicted molar refractivity (Wildman–Crippen MR) is 64.2 cm³/mol. The van der Waals surface area contributed by atoms with Gasteiger partial charge in [0.1, 0.15) is 0 Å². The minimum absolute atomic E-state index is 0.135. The lowest BCUT2D eigenvalue weighted by Gasteiger charge is -2.22. The zero-order chi connectivity index (χ0) is 13.0. The van der Waals surface area contributed by atoms with Crippen LogP contribution >= 0.6 is 0 Å². The van der Waals surface area contributed by atoms with E-state index in [9.17, 15) is 9.59 Å². The van der Waals surface area contributed by atoms with Crippen LogP contribution in [0.4, 0.5) is 5.69 Å². The highest BCUT2D eigenvalue weighted by molar-refractivity contribution is 5.99. The Bertz CT molecular complexity index is 484. The number of nitrogens with zero attached hydrogens (tertiary/aromatic N) is 2. The molecule has 0 saturated carbocycles. The molecule has 1 aliphatic rings. The van der Waals surface area contributed by atoms with E-state index in [2.05, 4.69) is 5.10 Å². The number of benzene rings is 1. The summed E-state index contributed by atoms with van der Waals surface area (Å²) in [7, 11) is 0. The molecule has 0 aromatic heterocycles. The van der Waals surface area contributed by atoms with Crippen molar-refractivity contribution in [1.29, 1.82) is 0 Å². The quantitative estimate of drug-likeness (QED) is 0.872. The molecule has 1 heterocycles. The number of aliphatic carboxylic acids is 1. The number of rotatable bonds is 3. The number of carboxylic acids is 1. The molecule has 0 radical (unpaired) electrons. The van der Waals surface area contributed by atoms with Gasteiger partial charge in [-0.25, -0.2) is 4.79 Å². The average molecular weight is 248 g/mol. The maximum absolute atomic E-state index is 11.7. The van der Waals surface area contributed by atoms with E-state index in [-0.39, 0.29) is 18.2 Å². The first kappa shape index (κ1) is 12.1. The normalized spacial score (nSPS) is 15.2. The Morgan fingerprint density at radius 1 is 1.33 bits per heavy atom. The van der Waals surface area contributed by atoms with Crippen molar-refractivity contribution in [2.75, 3.05) is 11.6 Å². The summed E-state index contributed by atoms with van der Waals surface area (Å²) in [6, 6.07) is 8.93. The number of ether oxygens (including phenoxy) is 1. The zero-order valence-electron chi connectivity index (χ0n) is 9.57. The number of amides is 1. The standard InChI is InChI=1S/C12H12N2O4/c15-11-7-6-10(18-8-12(16)17)13-14(11)9-4-2-1-3-5-9/h1-5H,6-8H2,(H,16,17). The van der Waals surface area contributed by atoms with Crippen LogP contribution in [-0.4, -0.2) is 29.5 Å². The molecule has 2 rings (SSSR count). The molecule has 0 aliphatic carbocycles. The molecule has 0 spiro atoms. The fourth-order valence-corrected chi connectivity index (χ4v) is 1.55. The second kappa shape index (κ2) is 5.31. The van der Waals surface area contributed by atoms with Crippen LogP contribution in [0.25, 0.3) is 0 Å². The minimum atomic E-state index is -1.07. The molecule has 18 heavy (non-hydrogen) atoms. The van der Waals surface area contributed by atoms with Gasteiger partial charge in [-0.1, -0.05) is 18.2 Å². The van der Waals surface area contributed by atoms with Crippen molar-refractivity contribution >= 4 is 23.5 Å². The molecule has 0 saturated heterocycles. The van der Waals surface area contributed by atoms with E-state index >= 15 is 0 Å². The maximum atomic E-state index is 11.7. The average Bonchev–Trinajstić information content (AvgIpc) is 2.38. The summed E-state index contributed by atoms with van der Waals surface area (Å²) in [6.45, 7) is -0.449. The molecule has 1 aromatic carbocycles. The first-order chi connectivity index (χ1) is 8.66. The molecular weight excluding hydrogens is 236 g/mol. The second-order valence-electron chi connectivity index (χ2n) is 3.72. The lowest BCUT2D eigenvalue weighted by molar-refractivity contribution is -0.139. The number of hydrogen-bond acceptors (Lipinski definition) is 4. The third-order valence-electron chi connectivity index (χ3n) is 2.36. The summed E-state index contributed by atoms with van der Waals surface area (Å²) in [5.41, 5.74) is 0.638. The molecule has 1 N–H and O–H groups in total. The fraction of sp³-hybridized carbons (Fsp3) is 0.250. The number of para-hydroxylation sites is 1. The molecule has 6 nitrogen and oxygen atoms in total. The Morgan fingerprint density at radius 3 is 2.72 bits per heavy atom. The highest BCUT2D eigenvalue weighted by Crippen LogP contribution is 2.19. The van der Waals surface area contributed by atoms with Crippen molar-refractivity contribution in [3.05, 3.63) is 30.3 Å². The van der Waals surface area contributed by atoms with Gasteiger partial charge in [-0.3, -0.25) is 4.79 Å². The van der Waals surface area contributed by atoms with E-state index in [1.54, 1.807) is 24.3 Å². The Labute approximate surface area is 103 Å². The molecule has 94 valence electrons. The van der Waals surface area contributed by atoms with Crippen molar-refractivity contribution in [3.63, 3.8) is 0 Å². The van der Waals surface area contributed by atoms with Crippen molar-refractivity contribution in [1.82, 2.24) is 0 Å². The molecule has 0 bridgehead atoms. The number of carbonyl (C=O) groups excluding carboxylic acids is 1. The number of carboxylic acid groups (broad SMARTS) is 1. The predicted octanol–water partition coefficient (Wildman–Crippen LogP) is 1.23. The third-order valence-corrected chi connectivity index (χ3v) is 2.36. The zero-order valence-corrected chi connectivity index (χ0v) is 9.57. The Morgan fingerprint density at radius 2 is 2.06 bits per heavy atom. The Hall–Kier alpha value is -2.37. The lowest BCUT2D eigenvalue weighted by Crippen LogP contribution is -2.32. The van der Waals surface area contributed by atoms with Gasteiger partial charge in [0.2, 0.25) is 11.8 Å². The minimum Gasteiger partial charge on any atom is -0.479 e. The highest BCUT2D eigenvalue weighted by Gasteiger charge is 2.22. The number of hydrazone groups is 1. The SMILES string of the molecule is O=C(O)COC1=NN(c2ccccc2)C(=O)CC1. The van der Waals surface area contributed by atoms with Crippen LogP contribution in [0, 0.1) is 0 Å². The first-order valence-electron chi connectivity index (χ1n) is 5.47. The van der Waals surface area contributed by atoms with E-state index in [4.69, 9.17) is 9.84 Å². The van der Waals surface area contributed by atoms with E-state index in [1.807, 2.05) is 6.07 Å². The number of carbonyl (C=O) groups is 2. The summed E-state index contributed by atoms with van der Waals surface area (Å²) in [5.74, 6) is -0.939. The molecule has 6 heteroatoms. The monoisotopic (exact) mass is 248 g/mol. The van der Waals surface area contributed by atoms with Gasteiger partial charge in [-0.2, -0.15) is 5.01 Å². The Kier molecular flexibility index (Phi) is 3.57. The molecular formula is C12H12N2O4. The van der Waals surface area contributed by atoms with Crippen LogP contribution in [-0.2, 0) is 14.3 Å². The summed E-state index contributed by atoms with van der Waals surface area (Å²) < 4.78 is 5.00. The number of anilines is 1. The van der Waals surface area contributed by atoms with Crippen LogP contribution < -0.4 is 5.01 Å². The van der Waals surface area contributed by atoms with Crippen molar-refractivity contribution in [2.45, 2.75) is 12.8 Å². The van der Waals surface area contributed by atoms with Crippen LogP contribution in [0.5, 0.6) is 0 Å².